The lowest BCUT2D eigenvalue weighted by Gasteiger charge is -2.11. The van der Waals surface area contributed by atoms with Crippen LogP contribution < -0.4 is 10.5 Å². The predicted octanol–water partition coefficient (Wildman–Crippen LogP) is 3.78. The molecule has 0 unspecified atom stereocenters. The number of halogens is 1. The molecule has 0 aromatic heterocycles. The van der Waals surface area contributed by atoms with Crippen molar-refractivity contribution < 1.29 is 9.53 Å². The summed E-state index contributed by atoms with van der Waals surface area (Å²) in [5.41, 5.74) is 9.33. The van der Waals surface area contributed by atoms with Crippen LogP contribution in [0.25, 0.3) is 0 Å². The van der Waals surface area contributed by atoms with E-state index in [-0.39, 0.29) is 5.78 Å². The van der Waals surface area contributed by atoms with Gasteiger partial charge in [0.2, 0.25) is 0 Å². The third-order valence-corrected chi connectivity index (χ3v) is 3.50. The van der Waals surface area contributed by atoms with Gasteiger partial charge < -0.3 is 10.5 Å². The lowest BCUT2D eigenvalue weighted by atomic mass is 9.96. The van der Waals surface area contributed by atoms with Crippen LogP contribution in [0.5, 0.6) is 5.75 Å². The minimum absolute atomic E-state index is 0.145. The number of hydrogen-bond donors (Lipinski definition) is 1. The van der Waals surface area contributed by atoms with E-state index in [0.29, 0.717) is 27.6 Å². The van der Waals surface area contributed by atoms with E-state index in [1.807, 2.05) is 19.9 Å². The molecule has 2 aromatic carbocycles. The molecule has 20 heavy (non-hydrogen) atoms. The number of aryl methyl sites for hydroxylation is 2. The molecule has 0 saturated carbocycles. The molecule has 0 aliphatic heterocycles. The highest BCUT2D eigenvalue weighted by Gasteiger charge is 2.17. The third kappa shape index (κ3) is 2.63. The summed E-state index contributed by atoms with van der Waals surface area (Å²) < 4.78 is 5.23. The summed E-state index contributed by atoms with van der Waals surface area (Å²) in [6.07, 6.45) is 0. The predicted molar refractivity (Wildman–Crippen MR) is 81.8 cm³/mol. The number of carbonyl (C=O) groups excluding carboxylic acids is 1. The second-order valence-corrected chi connectivity index (χ2v) is 5.13. The minimum atomic E-state index is -0.145. The van der Waals surface area contributed by atoms with Crippen molar-refractivity contribution in [1.29, 1.82) is 0 Å². The van der Waals surface area contributed by atoms with Crippen molar-refractivity contribution in [3.8, 4) is 5.75 Å². The Morgan fingerprint density at radius 3 is 2.45 bits per heavy atom. The average molecular weight is 290 g/mol. The van der Waals surface area contributed by atoms with E-state index in [0.717, 1.165) is 11.1 Å². The van der Waals surface area contributed by atoms with Crippen molar-refractivity contribution in [2.45, 2.75) is 13.8 Å². The van der Waals surface area contributed by atoms with E-state index < -0.39 is 0 Å². The first-order valence-corrected chi connectivity index (χ1v) is 6.56. The third-order valence-electron chi connectivity index (χ3n) is 3.26. The Morgan fingerprint density at radius 1 is 1.10 bits per heavy atom. The summed E-state index contributed by atoms with van der Waals surface area (Å²) in [6.45, 7) is 3.80. The van der Waals surface area contributed by atoms with Gasteiger partial charge in [0, 0.05) is 16.3 Å². The maximum atomic E-state index is 12.7. The first-order chi connectivity index (χ1) is 9.43. The Kier molecular flexibility index (Phi) is 4.00. The minimum Gasteiger partial charge on any atom is -0.496 e. The highest BCUT2D eigenvalue weighted by molar-refractivity contribution is 6.31. The van der Waals surface area contributed by atoms with Crippen molar-refractivity contribution >= 4 is 23.1 Å². The summed E-state index contributed by atoms with van der Waals surface area (Å²) in [5.74, 6) is 0.353. The molecule has 0 radical (unpaired) electrons. The lowest BCUT2D eigenvalue weighted by Crippen LogP contribution is -2.07. The molecule has 0 bridgehead atoms. The normalized spacial score (nSPS) is 10.4. The molecule has 3 nitrogen and oxygen atoms in total. The molecule has 2 N–H and O–H groups in total. The maximum Gasteiger partial charge on any atom is 0.197 e. The fourth-order valence-corrected chi connectivity index (χ4v) is 2.29. The summed E-state index contributed by atoms with van der Waals surface area (Å²) in [5, 5.41) is 0.492. The highest BCUT2D eigenvalue weighted by Crippen LogP contribution is 2.27. The topological polar surface area (TPSA) is 52.3 Å². The Labute approximate surface area is 123 Å². The molecule has 4 heteroatoms. The molecule has 0 fully saturated rings. The lowest BCUT2D eigenvalue weighted by molar-refractivity contribution is 0.103. The summed E-state index contributed by atoms with van der Waals surface area (Å²) in [7, 11) is 1.52. The van der Waals surface area contributed by atoms with Crippen LogP contribution in [-0.2, 0) is 0 Å². The second kappa shape index (κ2) is 5.55. The standard InChI is InChI=1S/C16H16ClNO2/c1-9-6-10(2)14(18)8-12(9)16(19)13-7-11(17)4-5-15(13)20-3/h4-8H,18H2,1-3H3. The Hall–Kier alpha value is -2.00. The van der Waals surface area contributed by atoms with Crippen LogP contribution in [-0.4, -0.2) is 12.9 Å². The molecular formula is C16H16ClNO2. The fraction of sp³-hybridized carbons (Fsp3) is 0.188. The molecule has 0 heterocycles. The monoisotopic (exact) mass is 289 g/mol. The van der Waals surface area contributed by atoms with Gasteiger partial charge in [-0.25, -0.2) is 0 Å². The molecule has 2 aromatic rings. The van der Waals surface area contributed by atoms with Gasteiger partial charge in [-0.05, 0) is 49.2 Å². The van der Waals surface area contributed by atoms with E-state index in [2.05, 4.69) is 0 Å². The molecule has 0 saturated heterocycles. The van der Waals surface area contributed by atoms with Crippen molar-refractivity contribution in [1.82, 2.24) is 0 Å². The van der Waals surface area contributed by atoms with Gasteiger partial charge in [0.25, 0.3) is 0 Å². The number of carbonyl (C=O) groups is 1. The van der Waals surface area contributed by atoms with E-state index in [1.165, 1.54) is 7.11 Å². The van der Waals surface area contributed by atoms with Crippen LogP contribution in [0.1, 0.15) is 27.0 Å². The maximum absolute atomic E-state index is 12.7. The number of hydrogen-bond acceptors (Lipinski definition) is 3. The number of ketones is 1. The first-order valence-electron chi connectivity index (χ1n) is 6.19. The first kappa shape index (κ1) is 14.4. The Bertz CT molecular complexity index is 680. The van der Waals surface area contributed by atoms with Crippen molar-refractivity contribution in [3.63, 3.8) is 0 Å². The second-order valence-electron chi connectivity index (χ2n) is 4.70. The Morgan fingerprint density at radius 2 is 1.80 bits per heavy atom. The van der Waals surface area contributed by atoms with Crippen LogP contribution in [0.4, 0.5) is 5.69 Å². The van der Waals surface area contributed by atoms with Gasteiger partial charge in [0.15, 0.2) is 5.78 Å². The number of nitrogen functional groups attached to an aromatic ring is 1. The van der Waals surface area contributed by atoms with Crippen molar-refractivity contribution in [2.24, 2.45) is 0 Å². The fourth-order valence-electron chi connectivity index (χ4n) is 2.12. The van der Waals surface area contributed by atoms with Gasteiger partial charge in [0.1, 0.15) is 5.75 Å². The van der Waals surface area contributed by atoms with E-state index in [1.54, 1.807) is 24.3 Å². The number of rotatable bonds is 3. The smallest absolute Gasteiger partial charge is 0.197 e. The molecule has 104 valence electrons. The number of nitrogens with two attached hydrogens (primary N) is 1. The number of ether oxygens (including phenoxy) is 1. The van der Waals surface area contributed by atoms with Crippen LogP contribution >= 0.6 is 11.6 Å². The van der Waals surface area contributed by atoms with Crippen LogP contribution in [0, 0.1) is 13.8 Å². The summed E-state index contributed by atoms with van der Waals surface area (Å²) >= 11 is 5.97. The summed E-state index contributed by atoms with van der Waals surface area (Å²) in [6, 6.07) is 8.58. The van der Waals surface area contributed by atoms with Crippen molar-refractivity contribution in [3.05, 3.63) is 57.6 Å². The number of methoxy groups -OCH3 is 1. The van der Waals surface area contributed by atoms with Crippen LogP contribution in [0.2, 0.25) is 5.02 Å². The zero-order chi connectivity index (χ0) is 14.9. The molecule has 0 spiro atoms. The van der Waals surface area contributed by atoms with Crippen LogP contribution in [0.15, 0.2) is 30.3 Å². The zero-order valence-corrected chi connectivity index (χ0v) is 12.4. The average Bonchev–Trinajstić information content (AvgIpc) is 2.42. The Balaban J connectivity index is 2.57. The number of benzene rings is 2. The van der Waals surface area contributed by atoms with E-state index >= 15 is 0 Å². The quantitative estimate of drug-likeness (QED) is 0.691. The van der Waals surface area contributed by atoms with E-state index in [9.17, 15) is 4.79 Å². The van der Waals surface area contributed by atoms with Gasteiger partial charge in [-0.15, -0.1) is 0 Å². The van der Waals surface area contributed by atoms with Crippen LogP contribution in [0.3, 0.4) is 0 Å². The molecule has 2 rings (SSSR count). The van der Waals surface area contributed by atoms with Gasteiger partial charge in [-0.3, -0.25) is 4.79 Å². The van der Waals surface area contributed by atoms with Gasteiger partial charge in [-0.1, -0.05) is 17.7 Å². The molecule has 0 atom stereocenters. The molecule has 0 amide bonds. The molecule has 0 aliphatic rings. The van der Waals surface area contributed by atoms with E-state index in [4.69, 9.17) is 22.1 Å². The van der Waals surface area contributed by atoms with Gasteiger partial charge >= 0.3 is 0 Å². The SMILES string of the molecule is COc1ccc(Cl)cc1C(=O)c1cc(N)c(C)cc1C. The van der Waals surface area contributed by atoms with Gasteiger partial charge in [0.05, 0.1) is 12.7 Å². The van der Waals surface area contributed by atoms with Crippen molar-refractivity contribution in [2.75, 3.05) is 12.8 Å². The number of anilines is 1. The van der Waals surface area contributed by atoms with Gasteiger partial charge in [-0.2, -0.15) is 0 Å². The summed E-state index contributed by atoms with van der Waals surface area (Å²) in [4.78, 5) is 12.7. The highest BCUT2D eigenvalue weighted by atomic mass is 35.5. The molecular weight excluding hydrogens is 274 g/mol. The molecule has 0 aliphatic carbocycles. The zero-order valence-electron chi connectivity index (χ0n) is 11.7. The largest absolute Gasteiger partial charge is 0.496 e.